The van der Waals surface area contributed by atoms with Crippen molar-refractivity contribution >= 4 is 10.0 Å². The van der Waals surface area contributed by atoms with E-state index < -0.39 is 10.0 Å². The van der Waals surface area contributed by atoms with Crippen LogP contribution in [0, 0.1) is 6.92 Å². The molecule has 0 fully saturated rings. The van der Waals surface area contributed by atoms with Crippen molar-refractivity contribution in [1.82, 2.24) is 8.87 Å². The molecule has 2 rings (SSSR count). The Hall–Kier alpha value is -0.810. The van der Waals surface area contributed by atoms with E-state index in [-0.39, 0.29) is 0 Å². The minimum Gasteiger partial charge on any atom is -0.351 e. The molecule has 0 atom stereocenters. The quantitative estimate of drug-likeness (QED) is 0.805. The zero-order valence-corrected chi connectivity index (χ0v) is 11.5. The number of hydrogen-bond donors (Lipinski definition) is 0. The van der Waals surface area contributed by atoms with Crippen LogP contribution in [-0.2, 0) is 29.5 Å². The minimum atomic E-state index is -3.08. The summed E-state index contributed by atoms with van der Waals surface area (Å²) in [7, 11) is -3.08. The van der Waals surface area contributed by atoms with Gasteiger partial charge < -0.3 is 4.57 Å². The van der Waals surface area contributed by atoms with Crippen LogP contribution >= 0.6 is 0 Å². The van der Waals surface area contributed by atoms with E-state index in [0.717, 1.165) is 19.4 Å². The van der Waals surface area contributed by atoms with Crippen LogP contribution < -0.4 is 0 Å². The molecule has 96 valence electrons. The van der Waals surface area contributed by atoms with Gasteiger partial charge in [-0.05, 0) is 37.8 Å². The molecule has 2 heterocycles. The first-order valence-electron chi connectivity index (χ1n) is 6.06. The van der Waals surface area contributed by atoms with Gasteiger partial charge in [-0.25, -0.2) is 8.42 Å². The highest BCUT2D eigenvalue weighted by molar-refractivity contribution is 7.88. The Bertz CT molecular complexity index is 517. The number of aromatic nitrogens is 1. The van der Waals surface area contributed by atoms with Crippen molar-refractivity contribution in [3.05, 3.63) is 23.0 Å². The van der Waals surface area contributed by atoms with Crippen LogP contribution in [0.5, 0.6) is 0 Å². The number of fused-ring (bicyclic) bond motifs is 1. The SMILES string of the molecule is CCn1cc(C)c2c1CCCN(S(C)(=O)=O)C2. The first-order chi connectivity index (χ1) is 7.93. The summed E-state index contributed by atoms with van der Waals surface area (Å²) in [6.07, 6.45) is 5.31. The average molecular weight is 256 g/mol. The molecule has 0 unspecified atom stereocenters. The van der Waals surface area contributed by atoms with Gasteiger partial charge in [-0.1, -0.05) is 0 Å². The Morgan fingerprint density at radius 2 is 2.12 bits per heavy atom. The van der Waals surface area contributed by atoms with E-state index in [4.69, 9.17) is 0 Å². The summed E-state index contributed by atoms with van der Waals surface area (Å²) in [6, 6.07) is 0. The minimum absolute atomic E-state index is 0.535. The first kappa shape index (κ1) is 12.6. The van der Waals surface area contributed by atoms with Crippen molar-refractivity contribution in [3.63, 3.8) is 0 Å². The van der Waals surface area contributed by atoms with Gasteiger partial charge in [-0.2, -0.15) is 4.31 Å². The number of sulfonamides is 1. The molecule has 0 spiro atoms. The van der Waals surface area contributed by atoms with Gasteiger partial charge >= 0.3 is 0 Å². The Balaban J connectivity index is 2.41. The lowest BCUT2D eigenvalue weighted by Crippen LogP contribution is -2.29. The van der Waals surface area contributed by atoms with Crippen LogP contribution in [0.15, 0.2) is 6.20 Å². The van der Waals surface area contributed by atoms with Gasteiger partial charge in [0.2, 0.25) is 10.0 Å². The van der Waals surface area contributed by atoms with Crippen molar-refractivity contribution in [2.24, 2.45) is 0 Å². The van der Waals surface area contributed by atoms with Gasteiger partial charge in [0.25, 0.3) is 0 Å². The Labute approximate surface area is 103 Å². The summed E-state index contributed by atoms with van der Waals surface area (Å²) in [5.41, 5.74) is 3.73. The van der Waals surface area contributed by atoms with Gasteiger partial charge in [0, 0.05) is 31.5 Å². The Morgan fingerprint density at radius 1 is 1.41 bits per heavy atom. The molecule has 5 heteroatoms. The molecule has 0 aromatic carbocycles. The lowest BCUT2D eigenvalue weighted by Gasteiger charge is -2.17. The molecule has 0 radical (unpaired) electrons. The van der Waals surface area contributed by atoms with E-state index in [1.165, 1.54) is 23.1 Å². The third-order valence-electron chi connectivity index (χ3n) is 3.49. The van der Waals surface area contributed by atoms with Gasteiger partial charge in [0.15, 0.2) is 0 Å². The number of hydrogen-bond acceptors (Lipinski definition) is 2. The third kappa shape index (κ3) is 2.40. The zero-order chi connectivity index (χ0) is 12.6. The second-order valence-corrected chi connectivity index (χ2v) is 6.71. The van der Waals surface area contributed by atoms with E-state index in [0.29, 0.717) is 13.1 Å². The van der Waals surface area contributed by atoms with E-state index in [2.05, 4.69) is 24.6 Å². The first-order valence-corrected chi connectivity index (χ1v) is 7.91. The molecule has 0 N–H and O–H groups in total. The third-order valence-corrected chi connectivity index (χ3v) is 4.74. The van der Waals surface area contributed by atoms with Crippen LogP contribution in [0.4, 0.5) is 0 Å². The summed E-state index contributed by atoms with van der Waals surface area (Å²) < 4.78 is 27.1. The summed E-state index contributed by atoms with van der Waals surface area (Å²) >= 11 is 0. The average Bonchev–Trinajstić information content (AvgIpc) is 2.45. The van der Waals surface area contributed by atoms with E-state index >= 15 is 0 Å². The lowest BCUT2D eigenvalue weighted by atomic mass is 10.1. The van der Waals surface area contributed by atoms with Crippen molar-refractivity contribution < 1.29 is 8.42 Å². The molecule has 0 amide bonds. The predicted molar refractivity (Wildman–Crippen MR) is 68.4 cm³/mol. The summed E-state index contributed by atoms with van der Waals surface area (Å²) in [6.45, 7) is 6.31. The molecule has 0 bridgehead atoms. The van der Waals surface area contributed by atoms with E-state index in [9.17, 15) is 8.42 Å². The van der Waals surface area contributed by atoms with E-state index in [1.54, 1.807) is 4.31 Å². The normalized spacial score (nSPS) is 17.8. The highest BCUT2D eigenvalue weighted by Gasteiger charge is 2.24. The summed E-state index contributed by atoms with van der Waals surface area (Å²) in [4.78, 5) is 0. The number of nitrogens with zero attached hydrogens (tertiary/aromatic N) is 2. The van der Waals surface area contributed by atoms with Gasteiger partial charge in [0.05, 0.1) is 6.26 Å². The van der Waals surface area contributed by atoms with Crippen LogP contribution in [-0.4, -0.2) is 30.1 Å². The molecule has 0 aliphatic carbocycles. The molecule has 0 saturated carbocycles. The van der Waals surface area contributed by atoms with Crippen molar-refractivity contribution in [3.8, 4) is 0 Å². The second-order valence-electron chi connectivity index (χ2n) is 4.72. The Morgan fingerprint density at radius 3 is 2.71 bits per heavy atom. The maximum absolute atomic E-state index is 11.7. The van der Waals surface area contributed by atoms with Gasteiger partial charge in [0.1, 0.15) is 0 Å². The fourth-order valence-electron chi connectivity index (χ4n) is 2.54. The predicted octanol–water partition coefficient (Wildman–Crippen LogP) is 1.52. The largest absolute Gasteiger partial charge is 0.351 e. The maximum Gasteiger partial charge on any atom is 0.211 e. The maximum atomic E-state index is 11.7. The molecule has 17 heavy (non-hydrogen) atoms. The molecular weight excluding hydrogens is 236 g/mol. The topological polar surface area (TPSA) is 42.3 Å². The standard InChI is InChI=1S/C12H20N2O2S/c1-4-13-8-10(2)11-9-14(17(3,15)16)7-5-6-12(11)13/h8H,4-7,9H2,1-3H3. The monoisotopic (exact) mass is 256 g/mol. The molecule has 1 aliphatic heterocycles. The number of rotatable bonds is 2. The molecule has 0 saturated heterocycles. The summed E-state index contributed by atoms with van der Waals surface area (Å²) in [5, 5.41) is 0. The fraction of sp³-hybridized carbons (Fsp3) is 0.667. The highest BCUT2D eigenvalue weighted by Crippen LogP contribution is 2.25. The van der Waals surface area contributed by atoms with Crippen LogP contribution in [0.3, 0.4) is 0 Å². The molecule has 1 aromatic heterocycles. The number of aryl methyl sites for hydroxylation is 2. The Kier molecular flexibility index (Phi) is 3.32. The molecule has 4 nitrogen and oxygen atoms in total. The molecule has 1 aliphatic rings. The van der Waals surface area contributed by atoms with Crippen LogP contribution in [0.1, 0.15) is 30.2 Å². The van der Waals surface area contributed by atoms with E-state index in [1.807, 2.05) is 0 Å². The smallest absolute Gasteiger partial charge is 0.211 e. The summed E-state index contributed by atoms with van der Waals surface area (Å²) in [5.74, 6) is 0. The van der Waals surface area contributed by atoms with Crippen molar-refractivity contribution in [2.45, 2.75) is 39.8 Å². The van der Waals surface area contributed by atoms with Crippen LogP contribution in [0.25, 0.3) is 0 Å². The van der Waals surface area contributed by atoms with Crippen molar-refractivity contribution in [1.29, 1.82) is 0 Å². The highest BCUT2D eigenvalue weighted by atomic mass is 32.2. The van der Waals surface area contributed by atoms with Gasteiger partial charge in [-0.15, -0.1) is 0 Å². The molecular formula is C12H20N2O2S. The molecule has 1 aromatic rings. The fourth-order valence-corrected chi connectivity index (χ4v) is 3.37. The van der Waals surface area contributed by atoms with Crippen LogP contribution in [0.2, 0.25) is 0 Å². The zero-order valence-electron chi connectivity index (χ0n) is 10.7. The van der Waals surface area contributed by atoms with Crippen molar-refractivity contribution in [2.75, 3.05) is 12.8 Å². The van der Waals surface area contributed by atoms with Gasteiger partial charge in [-0.3, -0.25) is 0 Å². The second kappa shape index (κ2) is 4.46. The lowest BCUT2D eigenvalue weighted by molar-refractivity contribution is 0.413.